The van der Waals surface area contributed by atoms with Crippen molar-refractivity contribution in [2.45, 2.75) is 45.3 Å². The van der Waals surface area contributed by atoms with Gasteiger partial charge in [-0.1, -0.05) is 0 Å². The van der Waals surface area contributed by atoms with Crippen LogP contribution in [-0.4, -0.2) is 55.5 Å². The Balaban J connectivity index is 1.87. The monoisotopic (exact) mass is 270 g/mol. The first-order valence-electron chi connectivity index (χ1n) is 7.25. The normalized spacial score (nSPS) is 29.1. The number of ether oxygens (including phenoxy) is 2. The van der Waals surface area contributed by atoms with E-state index in [-0.39, 0.29) is 6.09 Å². The first kappa shape index (κ1) is 14.6. The molecule has 0 aromatic rings. The number of amides is 1. The van der Waals surface area contributed by atoms with E-state index >= 15 is 0 Å². The summed E-state index contributed by atoms with van der Waals surface area (Å²) in [4.78, 5) is 13.9. The lowest BCUT2D eigenvalue weighted by Crippen LogP contribution is -2.57. The highest BCUT2D eigenvalue weighted by Crippen LogP contribution is 2.20. The number of hydrogen-bond donors (Lipinski definition) is 1. The molecule has 2 heterocycles. The summed E-state index contributed by atoms with van der Waals surface area (Å²) in [5, 5.41) is 3.51. The van der Waals surface area contributed by atoms with E-state index in [1.54, 1.807) is 0 Å². The first-order valence-corrected chi connectivity index (χ1v) is 7.25. The summed E-state index contributed by atoms with van der Waals surface area (Å²) in [5.74, 6) is 0.513. The molecule has 2 rings (SSSR count). The standard InChI is InChI=1S/C14H26N2O3/c1-14(2,3)19-13(17)16-7-6-15-12(9-16)11-5-4-8-18-10-11/h11-12,15H,4-10H2,1-3H3. The largest absolute Gasteiger partial charge is 0.444 e. The van der Waals surface area contributed by atoms with Crippen LogP contribution >= 0.6 is 0 Å². The van der Waals surface area contributed by atoms with Crippen LogP contribution in [0.25, 0.3) is 0 Å². The molecule has 2 saturated heterocycles. The molecule has 5 heteroatoms. The fraction of sp³-hybridized carbons (Fsp3) is 0.929. The van der Waals surface area contributed by atoms with Crippen molar-refractivity contribution in [2.75, 3.05) is 32.8 Å². The second kappa shape index (κ2) is 6.09. The Morgan fingerprint density at radius 1 is 1.42 bits per heavy atom. The molecule has 0 aromatic carbocycles. The van der Waals surface area contributed by atoms with E-state index < -0.39 is 5.60 Å². The van der Waals surface area contributed by atoms with Crippen LogP contribution in [0, 0.1) is 5.92 Å². The van der Waals surface area contributed by atoms with Gasteiger partial charge in [0, 0.05) is 32.3 Å². The summed E-state index contributed by atoms with van der Waals surface area (Å²) in [6.45, 7) is 9.67. The van der Waals surface area contributed by atoms with Crippen LogP contribution in [0.4, 0.5) is 4.79 Å². The Bertz CT molecular complexity index is 308. The number of carbonyl (C=O) groups excluding carboxylic acids is 1. The summed E-state index contributed by atoms with van der Waals surface area (Å²) in [5.41, 5.74) is -0.425. The average Bonchev–Trinajstić information content (AvgIpc) is 2.38. The molecule has 110 valence electrons. The maximum absolute atomic E-state index is 12.1. The molecular formula is C14H26N2O3. The van der Waals surface area contributed by atoms with Crippen molar-refractivity contribution in [3.8, 4) is 0 Å². The summed E-state index contributed by atoms with van der Waals surface area (Å²) in [6, 6.07) is 0.335. The van der Waals surface area contributed by atoms with Gasteiger partial charge in [-0.25, -0.2) is 4.79 Å². The Kier molecular flexibility index (Phi) is 4.68. The molecule has 2 fully saturated rings. The van der Waals surface area contributed by atoms with Crippen molar-refractivity contribution in [1.29, 1.82) is 0 Å². The zero-order chi connectivity index (χ0) is 13.9. The Labute approximate surface area is 115 Å². The number of carbonyl (C=O) groups is 1. The van der Waals surface area contributed by atoms with Crippen molar-refractivity contribution in [3.05, 3.63) is 0 Å². The van der Waals surface area contributed by atoms with Gasteiger partial charge < -0.3 is 19.7 Å². The zero-order valence-corrected chi connectivity index (χ0v) is 12.3. The minimum Gasteiger partial charge on any atom is -0.444 e. The SMILES string of the molecule is CC(C)(C)OC(=O)N1CCNC(C2CCCOC2)C1. The number of rotatable bonds is 1. The summed E-state index contributed by atoms with van der Waals surface area (Å²) >= 11 is 0. The van der Waals surface area contributed by atoms with Gasteiger partial charge in [-0.3, -0.25) is 0 Å². The molecule has 0 saturated carbocycles. The maximum atomic E-state index is 12.1. The van der Waals surface area contributed by atoms with Crippen LogP contribution < -0.4 is 5.32 Å². The zero-order valence-electron chi connectivity index (χ0n) is 12.3. The predicted molar refractivity (Wildman–Crippen MR) is 73.1 cm³/mol. The second-order valence-electron chi connectivity index (χ2n) is 6.46. The Morgan fingerprint density at radius 2 is 2.21 bits per heavy atom. The molecule has 0 aromatic heterocycles. The lowest BCUT2D eigenvalue weighted by atomic mass is 9.92. The third kappa shape index (κ3) is 4.35. The van der Waals surface area contributed by atoms with Crippen LogP contribution in [0.2, 0.25) is 0 Å². The molecule has 5 nitrogen and oxygen atoms in total. The van der Waals surface area contributed by atoms with Gasteiger partial charge >= 0.3 is 6.09 Å². The van der Waals surface area contributed by atoms with Gasteiger partial charge in [-0.15, -0.1) is 0 Å². The molecule has 19 heavy (non-hydrogen) atoms. The topological polar surface area (TPSA) is 50.8 Å². The van der Waals surface area contributed by atoms with Crippen LogP contribution in [0.1, 0.15) is 33.6 Å². The van der Waals surface area contributed by atoms with Gasteiger partial charge in [0.05, 0.1) is 6.61 Å². The highest BCUT2D eigenvalue weighted by molar-refractivity contribution is 5.68. The third-order valence-corrected chi connectivity index (χ3v) is 3.62. The third-order valence-electron chi connectivity index (χ3n) is 3.62. The van der Waals surface area contributed by atoms with E-state index in [0.29, 0.717) is 12.0 Å². The van der Waals surface area contributed by atoms with Gasteiger partial charge in [0.15, 0.2) is 0 Å². The number of nitrogens with one attached hydrogen (secondary N) is 1. The molecule has 1 amide bonds. The molecule has 0 radical (unpaired) electrons. The quantitative estimate of drug-likeness (QED) is 0.786. The first-order chi connectivity index (χ1) is 8.96. The molecule has 0 aliphatic carbocycles. The predicted octanol–water partition coefficient (Wildman–Crippen LogP) is 1.62. The van der Waals surface area contributed by atoms with Crippen molar-refractivity contribution in [2.24, 2.45) is 5.92 Å². The lowest BCUT2D eigenvalue weighted by molar-refractivity contribution is 0.00315. The lowest BCUT2D eigenvalue weighted by Gasteiger charge is -2.39. The average molecular weight is 270 g/mol. The highest BCUT2D eigenvalue weighted by Gasteiger charge is 2.32. The van der Waals surface area contributed by atoms with E-state index in [4.69, 9.17) is 9.47 Å². The number of nitrogens with zero attached hydrogens (tertiary/aromatic N) is 1. The van der Waals surface area contributed by atoms with Crippen molar-refractivity contribution >= 4 is 6.09 Å². The van der Waals surface area contributed by atoms with Crippen molar-refractivity contribution < 1.29 is 14.3 Å². The van der Waals surface area contributed by atoms with Crippen LogP contribution in [-0.2, 0) is 9.47 Å². The molecule has 2 atom stereocenters. The maximum Gasteiger partial charge on any atom is 0.410 e. The number of piperazine rings is 1. The molecular weight excluding hydrogens is 244 g/mol. The van der Waals surface area contributed by atoms with Crippen LogP contribution in [0.3, 0.4) is 0 Å². The summed E-state index contributed by atoms with van der Waals surface area (Å²) in [7, 11) is 0. The van der Waals surface area contributed by atoms with Gasteiger partial charge in [0.25, 0.3) is 0 Å². The number of hydrogen-bond acceptors (Lipinski definition) is 4. The van der Waals surface area contributed by atoms with Crippen LogP contribution in [0.5, 0.6) is 0 Å². The Morgan fingerprint density at radius 3 is 2.84 bits per heavy atom. The summed E-state index contributed by atoms with van der Waals surface area (Å²) in [6.07, 6.45) is 2.10. The molecule has 2 unspecified atom stereocenters. The molecule has 1 N–H and O–H groups in total. The van der Waals surface area contributed by atoms with E-state index in [1.807, 2.05) is 25.7 Å². The Hall–Kier alpha value is -0.810. The fourth-order valence-corrected chi connectivity index (χ4v) is 2.67. The van der Waals surface area contributed by atoms with E-state index in [2.05, 4.69) is 5.32 Å². The molecule has 2 aliphatic heterocycles. The van der Waals surface area contributed by atoms with E-state index in [9.17, 15) is 4.79 Å². The van der Waals surface area contributed by atoms with Crippen molar-refractivity contribution in [3.63, 3.8) is 0 Å². The highest BCUT2D eigenvalue weighted by atomic mass is 16.6. The smallest absolute Gasteiger partial charge is 0.410 e. The van der Waals surface area contributed by atoms with Gasteiger partial charge in [0.2, 0.25) is 0 Å². The molecule has 0 spiro atoms. The second-order valence-corrected chi connectivity index (χ2v) is 6.46. The molecule has 0 bridgehead atoms. The van der Waals surface area contributed by atoms with E-state index in [0.717, 1.165) is 39.3 Å². The van der Waals surface area contributed by atoms with Crippen molar-refractivity contribution in [1.82, 2.24) is 10.2 Å². The summed E-state index contributed by atoms with van der Waals surface area (Å²) < 4.78 is 11.0. The minimum atomic E-state index is -0.425. The molecule has 2 aliphatic rings. The minimum absolute atomic E-state index is 0.198. The van der Waals surface area contributed by atoms with E-state index in [1.165, 1.54) is 6.42 Å². The van der Waals surface area contributed by atoms with Gasteiger partial charge in [0.1, 0.15) is 5.60 Å². The van der Waals surface area contributed by atoms with Gasteiger partial charge in [-0.05, 0) is 39.5 Å². The van der Waals surface area contributed by atoms with Crippen LogP contribution in [0.15, 0.2) is 0 Å². The fourth-order valence-electron chi connectivity index (χ4n) is 2.67. The van der Waals surface area contributed by atoms with Gasteiger partial charge in [-0.2, -0.15) is 0 Å².